The van der Waals surface area contributed by atoms with E-state index in [9.17, 15) is 4.39 Å². The molecule has 1 aromatic heterocycles. The molecular weight excluding hydrogens is 450 g/mol. The Bertz CT molecular complexity index is 721. The number of methoxy groups -OCH3 is 1. The zero-order valence-corrected chi connectivity index (χ0v) is 17.9. The molecule has 0 radical (unpaired) electrons. The van der Waals surface area contributed by atoms with Gasteiger partial charge < -0.3 is 15.0 Å². The number of nitrogens with zero attached hydrogens (tertiary/aromatic N) is 5. The second kappa shape index (κ2) is 11.1. The lowest BCUT2D eigenvalue weighted by Gasteiger charge is -2.21. The minimum atomic E-state index is -0.263. The number of ether oxygens (including phenoxy) is 1. The van der Waals surface area contributed by atoms with E-state index in [0.29, 0.717) is 18.7 Å². The highest BCUT2D eigenvalue weighted by Gasteiger charge is 2.10. The largest absolute Gasteiger partial charge is 0.380 e. The second-order valence-corrected chi connectivity index (χ2v) is 5.68. The average Bonchev–Trinajstić information content (AvgIpc) is 2.99. The highest BCUT2D eigenvalue weighted by molar-refractivity contribution is 14.0. The quantitative estimate of drug-likeness (QED) is 0.378. The van der Waals surface area contributed by atoms with Crippen LogP contribution in [0.1, 0.15) is 23.9 Å². The van der Waals surface area contributed by atoms with Crippen LogP contribution in [0, 0.1) is 5.82 Å². The predicted molar refractivity (Wildman–Crippen MR) is 110 cm³/mol. The van der Waals surface area contributed by atoms with E-state index in [0.717, 1.165) is 23.9 Å². The fourth-order valence-electron chi connectivity index (χ4n) is 2.38. The van der Waals surface area contributed by atoms with Crippen LogP contribution in [0.2, 0.25) is 0 Å². The van der Waals surface area contributed by atoms with Crippen molar-refractivity contribution in [3.8, 4) is 0 Å². The molecule has 0 aliphatic carbocycles. The van der Waals surface area contributed by atoms with Gasteiger partial charge in [0.25, 0.3) is 0 Å². The predicted octanol–water partition coefficient (Wildman–Crippen LogP) is 2.32. The SMILES string of the molecule is CCNC(=NCc1ccc(F)c(COC)c1)N(C)Cc1ncnn1C.I. The van der Waals surface area contributed by atoms with E-state index in [4.69, 9.17) is 4.74 Å². The van der Waals surface area contributed by atoms with Crippen LogP contribution in [0.3, 0.4) is 0 Å². The van der Waals surface area contributed by atoms with Crippen molar-refractivity contribution in [1.82, 2.24) is 25.0 Å². The van der Waals surface area contributed by atoms with E-state index in [1.807, 2.05) is 25.9 Å². The summed E-state index contributed by atoms with van der Waals surface area (Å²) < 4.78 is 20.5. The zero-order chi connectivity index (χ0) is 18.2. The maximum Gasteiger partial charge on any atom is 0.194 e. The summed E-state index contributed by atoms with van der Waals surface area (Å²) in [6.07, 6.45) is 1.53. The van der Waals surface area contributed by atoms with Crippen LogP contribution in [0.5, 0.6) is 0 Å². The summed E-state index contributed by atoms with van der Waals surface area (Å²) in [6.45, 7) is 4.04. The number of aromatic nitrogens is 3. The van der Waals surface area contributed by atoms with Crippen LogP contribution in [0.25, 0.3) is 0 Å². The molecule has 0 fully saturated rings. The molecule has 0 saturated heterocycles. The molecule has 0 spiro atoms. The molecule has 7 nitrogen and oxygen atoms in total. The first-order chi connectivity index (χ1) is 12.0. The van der Waals surface area contributed by atoms with Crippen molar-refractivity contribution in [1.29, 1.82) is 0 Å². The number of hydrogen-bond donors (Lipinski definition) is 1. The third kappa shape index (κ3) is 6.20. The third-order valence-corrected chi connectivity index (χ3v) is 3.70. The van der Waals surface area contributed by atoms with Gasteiger partial charge in [0.2, 0.25) is 0 Å². The lowest BCUT2D eigenvalue weighted by Crippen LogP contribution is -2.39. The molecular formula is C17H26FIN6O. The molecule has 9 heteroatoms. The van der Waals surface area contributed by atoms with Crippen molar-refractivity contribution < 1.29 is 9.13 Å². The summed E-state index contributed by atoms with van der Waals surface area (Å²) in [6, 6.07) is 4.98. The summed E-state index contributed by atoms with van der Waals surface area (Å²) in [4.78, 5) is 10.8. The van der Waals surface area contributed by atoms with Gasteiger partial charge in [-0.1, -0.05) is 6.07 Å². The molecule has 0 aliphatic rings. The molecule has 1 heterocycles. The van der Waals surface area contributed by atoms with Crippen LogP contribution in [0.4, 0.5) is 4.39 Å². The minimum absolute atomic E-state index is 0. The molecule has 144 valence electrons. The van der Waals surface area contributed by atoms with Gasteiger partial charge in [-0.25, -0.2) is 14.4 Å². The molecule has 0 atom stereocenters. The van der Waals surface area contributed by atoms with Crippen LogP contribution >= 0.6 is 24.0 Å². The van der Waals surface area contributed by atoms with Crippen molar-refractivity contribution in [2.24, 2.45) is 12.0 Å². The van der Waals surface area contributed by atoms with Gasteiger partial charge in [0.15, 0.2) is 5.96 Å². The van der Waals surface area contributed by atoms with Gasteiger partial charge in [0, 0.05) is 33.3 Å². The Labute approximate surface area is 170 Å². The van der Waals surface area contributed by atoms with E-state index >= 15 is 0 Å². The van der Waals surface area contributed by atoms with Crippen LogP contribution in [-0.4, -0.2) is 46.3 Å². The van der Waals surface area contributed by atoms with Crippen molar-refractivity contribution in [3.63, 3.8) is 0 Å². The van der Waals surface area contributed by atoms with Crippen LogP contribution in [-0.2, 0) is 31.5 Å². The standard InChI is InChI=1S/C17H25FN6O.HI/c1-5-19-17(23(2)10-16-21-12-22-24(16)3)20-9-13-6-7-15(18)14(8-13)11-25-4;/h6-8,12H,5,9-11H2,1-4H3,(H,19,20);1H. The Morgan fingerprint density at radius 3 is 2.81 bits per heavy atom. The number of benzene rings is 1. The molecule has 0 aliphatic heterocycles. The lowest BCUT2D eigenvalue weighted by atomic mass is 10.1. The molecule has 26 heavy (non-hydrogen) atoms. The summed E-state index contributed by atoms with van der Waals surface area (Å²) >= 11 is 0. The zero-order valence-electron chi connectivity index (χ0n) is 15.6. The minimum Gasteiger partial charge on any atom is -0.380 e. The molecule has 0 saturated carbocycles. The summed E-state index contributed by atoms with van der Waals surface area (Å²) in [5, 5.41) is 7.33. The Kier molecular flexibility index (Phi) is 9.49. The number of aryl methyl sites for hydroxylation is 1. The third-order valence-electron chi connectivity index (χ3n) is 3.70. The van der Waals surface area contributed by atoms with E-state index in [1.54, 1.807) is 23.9 Å². The lowest BCUT2D eigenvalue weighted by molar-refractivity contribution is 0.181. The van der Waals surface area contributed by atoms with Gasteiger partial charge in [-0.15, -0.1) is 24.0 Å². The Hall–Kier alpha value is -1.75. The highest BCUT2D eigenvalue weighted by Crippen LogP contribution is 2.13. The fraction of sp³-hybridized carbons (Fsp3) is 0.471. The van der Waals surface area contributed by atoms with Crippen LogP contribution in [0.15, 0.2) is 29.5 Å². The molecule has 0 bridgehead atoms. The second-order valence-electron chi connectivity index (χ2n) is 5.68. The summed E-state index contributed by atoms with van der Waals surface area (Å²) in [5.41, 5.74) is 1.46. The first-order valence-corrected chi connectivity index (χ1v) is 8.13. The Morgan fingerprint density at radius 2 is 2.19 bits per heavy atom. The van der Waals surface area contributed by atoms with Crippen molar-refractivity contribution >= 4 is 29.9 Å². The molecule has 1 aromatic carbocycles. The molecule has 1 N–H and O–H groups in total. The van der Waals surface area contributed by atoms with E-state index < -0.39 is 0 Å². The number of nitrogens with one attached hydrogen (secondary N) is 1. The van der Waals surface area contributed by atoms with Crippen molar-refractivity contribution in [2.45, 2.75) is 26.6 Å². The fourth-order valence-corrected chi connectivity index (χ4v) is 2.38. The summed E-state index contributed by atoms with van der Waals surface area (Å²) in [7, 11) is 5.35. The number of guanidine groups is 1. The normalized spacial score (nSPS) is 11.2. The maximum absolute atomic E-state index is 13.7. The van der Waals surface area contributed by atoms with Crippen molar-refractivity contribution in [3.05, 3.63) is 47.3 Å². The number of aliphatic imine (C=N–C) groups is 1. The van der Waals surface area contributed by atoms with Gasteiger partial charge in [0.05, 0.1) is 19.7 Å². The van der Waals surface area contributed by atoms with E-state index in [2.05, 4.69) is 20.4 Å². The van der Waals surface area contributed by atoms with Gasteiger partial charge in [0.1, 0.15) is 18.0 Å². The molecule has 0 unspecified atom stereocenters. The number of halogens is 2. The summed E-state index contributed by atoms with van der Waals surface area (Å²) in [5.74, 6) is 1.33. The van der Waals surface area contributed by atoms with E-state index in [-0.39, 0.29) is 36.4 Å². The van der Waals surface area contributed by atoms with Gasteiger partial charge in [-0.05, 0) is 24.6 Å². The highest BCUT2D eigenvalue weighted by atomic mass is 127. The van der Waals surface area contributed by atoms with Gasteiger partial charge in [-0.2, -0.15) is 5.10 Å². The smallest absolute Gasteiger partial charge is 0.194 e. The Morgan fingerprint density at radius 1 is 1.42 bits per heavy atom. The van der Waals surface area contributed by atoms with Crippen molar-refractivity contribution in [2.75, 3.05) is 20.7 Å². The van der Waals surface area contributed by atoms with Crippen LogP contribution < -0.4 is 5.32 Å². The molecule has 0 amide bonds. The number of rotatable bonds is 7. The molecule has 2 aromatic rings. The monoisotopic (exact) mass is 476 g/mol. The first kappa shape index (κ1) is 22.3. The van der Waals surface area contributed by atoms with E-state index in [1.165, 1.54) is 12.4 Å². The van der Waals surface area contributed by atoms with Gasteiger partial charge >= 0.3 is 0 Å². The topological polar surface area (TPSA) is 67.6 Å². The number of hydrogen-bond acceptors (Lipinski definition) is 4. The van der Waals surface area contributed by atoms with Gasteiger partial charge in [-0.3, -0.25) is 4.68 Å². The average molecular weight is 476 g/mol. The first-order valence-electron chi connectivity index (χ1n) is 8.13. The Balaban J connectivity index is 0.00000338. The maximum atomic E-state index is 13.7. The molecule has 2 rings (SSSR count).